The van der Waals surface area contributed by atoms with Crippen LogP contribution in [-0.4, -0.2) is 52.3 Å². The van der Waals surface area contributed by atoms with E-state index in [4.69, 9.17) is 18.9 Å². The van der Waals surface area contributed by atoms with Crippen LogP contribution < -0.4 is 0 Å². The third-order valence-corrected chi connectivity index (χ3v) is 6.58. The third-order valence-electron chi connectivity index (χ3n) is 6.58. The van der Waals surface area contributed by atoms with Gasteiger partial charge in [0.05, 0.1) is 52.1 Å². The largest absolute Gasteiger partial charge is 0.469 e. The average Bonchev–Trinajstić information content (AvgIpc) is 2.66. The Kier molecular flexibility index (Phi) is 5.01. The lowest BCUT2D eigenvalue weighted by molar-refractivity contribution is -0.211. The molecule has 8 nitrogen and oxygen atoms in total. The Balaban J connectivity index is 2.10. The average molecular weight is 380 g/mol. The minimum absolute atomic E-state index is 0.290. The van der Waals surface area contributed by atoms with Crippen LogP contribution in [0.5, 0.6) is 0 Å². The van der Waals surface area contributed by atoms with Crippen molar-refractivity contribution in [2.75, 3.05) is 28.4 Å². The number of fused-ring (bicyclic) bond motifs is 1. The number of hydrogen-bond donors (Lipinski definition) is 0. The summed E-state index contributed by atoms with van der Waals surface area (Å²) >= 11 is 0. The molecule has 0 N–H and O–H groups in total. The molecular weight excluding hydrogens is 356 g/mol. The Labute approximate surface area is 157 Å². The molecule has 4 aliphatic rings. The van der Waals surface area contributed by atoms with Crippen molar-refractivity contribution >= 4 is 23.9 Å². The standard InChI is InChI=1S/C19H24O8/c1-7-6-8-10-12(15(19(23)27-5)14(10)18(22)26-4)9(7)13(17(21)25-3)11(8)16(20)24-2/h6,8-15H,1-5H3/t8-,9+,10-,11+,12-,13-,14-,15-/m0/s1. The van der Waals surface area contributed by atoms with E-state index in [1.165, 1.54) is 28.4 Å². The SMILES string of the molecule is COC(=O)[C@@H]1[C@H](C(=O)OC)[C@H]2C=C(C)[C@@H]1[C@@H]1[C@H](C(=O)OC)[C@@H](C(=O)OC)[C@@H]21. The Hall–Kier alpha value is -2.38. The molecular formula is C19H24O8. The van der Waals surface area contributed by atoms with Crippen LogP contribution in [0.3, 0.4) is 0 Å². The second kappa shape index (κ2) is 6.98. The summed E-state index contributed by atoms with van der Waals surface area (Å²) in [6.45, 7) is 1.87. The molecule has 27 heavy (non-hydrogen) atoms. The normalized spacial score (nSPS) is 38.6. The first kappa shape index (κ1) is 19.4. The first-order valence-corrected chi connectivity index (χ1v) is 8.83. The van der Waals surface area contributed by atoms with Crippen molar-refractivity contribution in [1.29, 1.82) is 0 Å². The van der Waals surface area contributed by atoms with Gasteiger partial charge in [-0.15, -0.1) is 0 Å². The van der Waals surface area contributed by atoms with Crippen molar-refractivity contribution < 1.29 is 38.1 Å². The maximum atomic E-state index is 12.6. The van der Waals surface area contributed by atoms with Crippen LogP contribution in [0.2, 0.25) is 0 Å². The van der Waals surface area contributed by atoms with E-state index in [1.807, 2.05) is 13.0 Å². The fraction of sp³-hybridized carbons (Fsp3) is 0.684. The van der Waals surface area contributed by atoms with Crippen LogP contribution >= 0.6 is 0 Å². The topological polar surface area (TPSA) is 105 Å². The third kappa shape index (κ3) is 2.56. The van der Waals surface area contributed by atoms with E-state index >= 15 is 0 Å². The van der Waals surface area contributed by atoms with Gasteiger partial charge in [0.2, 0.25) is 0 Å². The van der Waals surface area contributed by atoms with E-state index in [1.54, 1.807) is 0 Å². The Morgan fingerprint density at radius 1 is 0.667 bits per heavy atom. The van der Waals surface area contributed by atoms with Crippen LogP contribution in [0.25, 0.3) is 0 Å². The fourth-order valence-corrected chi connectivity index (χ4v) is 5.68. The Morgan fingerprint density at radius 2 is 1.07 bits per heavy atom. The van der Waals surface area contributed by atoms with Crippen molar-refractivity contribution in [1.82, 2.24) is 0 Å². The first-order valence-electron chi connectivity index (χ1n) is 8.83. The summed E-state index contributed by atoms with van der Waals surface area (Å²) in [5.41, 5.74) is 0.911. The number of carbonyl (C=O) groups excluding carboxylic acids is 4. The highest BCUT2D eigenvalue weighted by molar-refractivity contribution is 5.88. The molecule has 0 aromatic rings. The lowest BCUT2D eigenvalue weighted by Gasteiger charge is -2.63. The predicted molar refractivity (Wildman–Crippen MR) is 89.7 cm³/mol. The molecule has 0 aliphatic heterocycles. The van der Waals surface area contributed by atoms with Gasteiger partial charge in [-0.2, -0.15) is 0 Å². The Morgan fingerprint density at radius 3 is 1.56 bits per heavy atom. The highest BCUT2D eigenvalue weighted by Gasteiger charge is 2.71. The zero-order valence-electron chi connectivity index (χ0n) is 16.0. The number of methoxy groups -OCH3 is 4. The molecule has 0 aromatic carbocycles. The monoisotopic (exact) mass is 380 g/mol. The van der Waals surface area contributed by atoms with Gasteiger partial charge in [-0.3, -0.25) is 19.2 Å². The van der Waals surface area contributed by atoms with Crippen molar-refractivity contribution in [2.45, 2.75) is 6.92 Å². The van der Waals surface area contributed by atoms with Crippen molar-refractivity contribution in [3.8, 4) is 0 Å². The van der Waals surface area contributed by atoms with Crippen LogP contribution in [-0.2, 0) is 38.1 Å². The zero-order valence-corrected chi connectivity index (χ0v) is 16.0. The number of ether oxygens (including phenoxy) is 4. The van der Waals surface area contributed by atoms with Gasteiger partial charge < -0.3 is 18.9 Å². The maximum absolute atomic E-state index is 12.6. The molecule has 4 rings (SSSR count). The van der Waals surface area contributed by atoms with E-state index < -0.39 is 59.4 Å². The van der Waals surface area contributed by atoms with Gasteiger partial charge in [-0.25, -0.2) is 0 Å². The maximum Gasteiger partial charge on any atom is 0.310 e. The summed E-state index contributed by atoms with van der Waals surface area (Å²) in [4.78, 5) is 49.9. The summed E-state index contributed by atoms with van der Waals surface area (Å²) in [7, 11) is 5.07. The van der Waals surface area contributed by atoms with E-state index in [9.17, 15) is 19.2 Å². The predicted octanol–water partition coefficient (Wildman–Crippen LogP) is 0.595. The molecule has 4 aliphatic carbocycles. The molecule has 0 heterocycles. The second-order valence-electron chi connectivity index (χ2n) is 7.36. The smallest absolute Gasteiger partial charge is 0.310 e. The van der Waals surface area contributed by atoms with Gasteiger partial charge in [-0.1, -0.05) is 11.6 Å². The molecule has 0 radical (unpaired) electrons. The van der Waals surface area contributed by atoms with Crippen molar-refractivity contribution in [3.63, 3.8) is 0 Å². The molecule has 2 fully saturated rings. The number of allylic oxidation sites excluding steroid dienone is 2. The van der Waals surface area contributed by atoms with Gasteiger partial charge in [0.15, 0.2) is 0 Å². The van der Waals surface area contributed by atoms with E-state index in [2.05, 4.69) is 0 Å². The van der Waals surface area contributed by atoms with E-state index in [0.29, 0.717) is 0 Å². The van der Waals surface area contributed by atoms with E-state index in [0.717, 1.165) is 5.57 Å². The quantitative estimate of drug-likeness (QED) is 0.397. The minimum atomic E-state index is -0.761. The zero-order chi connectivity index (χ0) is 20.0. The van der Waals surface area contributed by atoms with Crippen molar-refractivity contribution in [2.24, 2.45) is 47.3 Å². The molecule has 0 unspecified atom stereocenters. The van der Waals surface area contributed by atoms with Crippen molar-refractivity contribution in [3.05, 3.63) is 11.6 Å². The number of hydrogen-bond acceptors (Lipinski definition) is 8. The molecule has 2 saturated carbocycles. The summed E-state index contributed by atoms with van der Waals surface area (Å²) in [5, 5.41) is 0. The van der Waals surface area contributed by atoms with Gasteiger partial charge in [0, 0.05) is 0 Å². The molecule has 0 aromatic heterocycles. The first-order chi connectivity index (χ1) is 12.8. The van der Waals surface area contributed by atoms with Gasteiger partial charge in [0.1, 0.15) is 0 Å². The second-order valence-corrected chi connectivity index (χ2v) is 7.36. The van der Waals surface area contributed by atoms with Crippen LogP contribution in [0.1, 0.15) is 6.92 Å². The van der Waals surface area contributed by atoms with Crippen LogP contribution in [0.4, 0.5) is 0 Å². The summed E-state index contributed by atoms with van der Waals surface area (Å²) in [6.07, 6.45) is 1.93. The van der Waals surface area contributed by atoms with E-state index in [-0.39, 0.29) is 11.8 Å². The van der Waals surface area contributed by atoms with Gasteiger partial charge >= 0.3 is 23.9 Å². The van der Waals surface area contributed by atoms with Gasteiger partial charge in [0.25, 0.3) is 0 Å². The molecule has 0 amide bonds. The van der Waals surface area contributed by atoms with Crippen LogP contribution in [0.15, 0.2) is 11.6 Å². The number of esters is 4. The molecule has 148 valence electrons. The lowest BCUT2D eigenvalue weighted by atomic mass is 9.38. The lowest BCUT2D eigenvalue weighted by Crippen LogP contribution is -2.68. The highest BCUT2D eigenvalue weighted by atomic mass is 16.5. The highest BCUT2D eigenvalue weighted by Crippen LogP contribution is 2.66. The molecule has 2 bridgehead atoms. The molecule has 8 heteroatoms. The Bertz CT molecular complexity index is 710. The van der Waals surface area contributed by atoms with Gasteiger partial charge in [-0.05, 0) is 30.6 Å². The summed E-state index contributed by atoms with van der Waals surface area (Å²) in [5.74, 6) is -6.40. The summed E-state index contributed by atoms with van der Waals surface area (Å²) < 4.78 is 19.7. The summed E-state index contributed by atoms with van der Waals surface area (Å²) in [6, 6.07) is 0. The van der Waals surface area contributed by atoms with Crippen LogP contribution in [0, 0.1) is 47.3 Å². The molecule has 0 saturated heterocycles. The fourth-order valence-electron chi connectivity index (χ4n) is 5.68. The molecule has 0 spiro atoms. The minimum Gasteiger partial charge on any atom is -0.469 e. The number of carbonyl (C=O) groups is 4. The number of rotatable bonds is 4. The molecule has 8 atom stereocenters.